The second-order valence-corrected chi connectivity index (χ2v) is 9.63. The Bertz CT molecular complexity index is 187. The third-order valence-electron chi connectivity index (χ3n) is 4.05. The quantitative estimate of drug-likeness (QED) is 0.241. The average Bonchev–Trinajstić information content (AvgIpc) is 2.51. The lowest BCUT2D eigenvalue weighted by Gasteiger charge is -2.31. The number of hydrogen-bond donors (Lipinski definition) is 0. The van der Waals surface area contributed by atoms with Crippen molar-refractivity contribution in [2.75, 3.05) is 13.2 Å². The average molecular weight is 317 g/mol. The Morgan fingerprint density at radius 3 is 1.24 bits per heavy atom. The van der Waals surface area contributed by atoms with Crippen LogP contribution in [0, 0.1) is 0 Å². The Kier molecular flexibility index (Phi) is 15.1. The van der Waals surface area contributed by atoms with Gasteiger partial charge in [0.2, 0.25) is 0 Å². The largest absolute Gasteiger partial charge is 0.394 e. The fourth-order valence-corrected chi connectivity index (χ4v) is 6.30. The first-order valence-corrected chi connectivity index (χ1v) is 11.8. The Balaban J connectivity index is 4.43. The fourth-order valence-electron chi connectivity index (χ4n) is 2.57. The summed E-state index contributed by atoms with van der Waals surface area (Å²) in [6.45, 7) is 10.9. The third kappa shape index (κ3) is 11.4. The van der Waals surface area contributed by atoms with Crippen LogP contribution in [0.5, 0.6) is 0 Å². The van der Waals surface area contributed by atoms with Gasteiger partial charge in [-0.05, 0) is 24.9 Å². The molecule has 21 heavy (non-hydrogen) atoms. The predicted octanol–water partition coefficient (Wildman–Crippen LogP) is 6.44. The van der Waals surface area contributed by atoms with Gasteiger partial charge in [0.1, 0.15) is 0 Å². The Morgan fingerprint density at radius 2 is 0.905 bits per heavy atom. The summed E-state index contributed by atoms with van der Waals surface area (Å²) in [5, 5.41) is 0. The van der Waals surface area contributed by atoms with E-state index in [-0.39, 0.29) is 0 Å². The van der Waals surface area contributed by atoms with E-state index in [2.05, 4.69) is 27.7 Å². The van der Waals surface area contributed by atoms with E-state index in [0.717, 1.165) is 13.2 Å². The van der Waals surface area contributed by atoms with Crippen LogP contribution in [-0.2, 0) is 8.85 Å². The Labute approximate surface area is 135 Å². The number of unbranched alkanes of at least 4 members (excludes halogenated alkanes) is 6. The van der Waals surface area contributed by atoms with Crippen LogP contribution in [0.2, 0.25) is 12.1 Å². The van der Waals surface area contributed by atoms with Crippen molar-refractivity contribution >= 4 is 8.56 Å². The van der Waals surface area contributed by atoms with Crippen molar-refractivity contribution in [3.05, 3.63) is 0 Å². The summed E-state index contributed by atoms with van der Waals surface area (Å²) in [6, 6.07) is 2.39. The zero-order chi connectivity index (χ0) is 15.8. The van der Waals surface area contributed by atoms with Gasteiger partial charge in [-0.2, -0.15) is 0 Å². The zero-order valence-electron chi connectivity index (χ0n) is 15.2. The monoisotopic (exact) mass is 316 g/mol. The van der Waals surface area contributed by atoms with E-state index >= 15 is 0 Å². The van der Waals surface area contributed by atoms with Gasteiger partial charge in [-0.15, -0.1) is 0 Å². The van der Waals surface area contributed by atoms with Crippen LogP contribution in [0.25, 0.3) is 0 Å². The molecule has 0 aromatic heterocycles. The molecule has 0 saturated heterocycles. The molecule has 0 aromatic carbocycles. The summed E-state index contributed by atoms with van der Waals surface area (Å²) < 4.78 is 12.9. The molecule has 0 unspecified atom stereocenters. The SMILES string of the molecule is CCCCCO[Si](CCCC)(CCCC)OCCCCC. The molecule has 3 heteroatoms. The molecule has 0 aromatic rings. The maximum atomic E-state index is 6.43. The second-order valence-electron chi connectivity index (χ2n) is 6.23. The van der Waals surface area contributed by atoms with E-state index in [1.165, 1.54) is 76.3 Å². The van der Waals surface area contributed by atoms with E-state index < -0.39 is 8.56 Å². The van der Waals surface area contributed by atoms with Crippen LogP contribution in [0.15, 0.2) is 0 Å². The molecule has 0 saturated carbocycles. The molecule has 0 aliphatic carbocycles. The molecule has 0 radical (unpaired) electrons. The molecule has 0 fully saturated rings. The van der Waals surface area contributed by atoms with Gasteiger partial charge in [0.05, 0.1) is 0 Å². The molecule has 0 aliphatic rings. The highest BCUT2D eigenvalue weighted by atomic mass is 28.4. The molecule has 0 aliphatic heterocycles. The van der Waals surface area contributed by atoms with Gasteiger partial charge < -0.3 is 8.85 Å². The van der Waals surface area contributed by atoms with Crippen LogP contribution in [0.1, 0.15) is 91.9 Å². The first kappa shape index (κ1) is 21.1. The lowest BCUT2D eigenvalue weighted by atomic mass is 10.3. The maximum Gasteiger partial charge on any atom is 0.338 e. The van der Waals surface area contributed by atoms with Gasteiger partial charge in [0, 0.05) is 13.2 Å². The summed E-state index contributed by atoms with van der Waals surface area (Å²) in [5.41, 5.74) is 0. The van der Waals surface area contributed by atoms with Crippen molar-refractivity contribution in [3.8, 4) is 0 Å². The zero-order valence-corrected chi connectivity index (χ0v) is 16.2. The minimum absolute atomic E-state index is 0.918. The van der Waals surface area contributed by atoms with Gasteiger partial charge in [-0.3, -0.25) is 0 Å². The maximum absolute atomic E-state index is 6.43. The van der Waals surface area contributed by atoms with Gasteiger partial charge in [-0.25, -0.2) is 0 Å². The first-order valence-electron chi connectivity index (χ1n) is 9.52. The van der Waals surface area contributed by atoms with Crippen molar-refractivity contribution < 1.29 is 8.85 Å². The minimum Gasteiger partial charge on any atom is -0.394 e. The molecule has 0 bridgehead atoms. The van der Waals surface area contributed by atoms with Crippen molar-refractivity contribution in [3.63, 3.8) is 0 Å². The summed E-state index contributed by atoms with van der Waals surface area (Å²) in [4.78, 5) is 0. The van der Waals surface area contributed by atoms with E-state index in [1.54, 1.807) is 0 Å². The first-order chi connectivity index (χ1) is 10.2. The predicted molar refractivity (Wildman–Crippen MR) is 96.1 cm³/mol. The van der Waals surface area contributed by atoms with Crippen molar-refractivity contribution in [2.45, 2.75) is 104 Å². The summed E-state index contributed by atoms with van der Waals surface area (Å²) in [5.74, 6) is 0. The standard InChI is InChI=1S/C18H40O2Si/c1-5-9-13-15-19-21(17-11-7-3,18-12-8-4)20-16-14-10-6-2/h5-18H2,1-4H3. The van der Waals surface area contributed by atoms with Crippen LogP contribution in [0.4, 0.5) is 0 Å². The lowest BCUT2D eigenvalue weighted by Crippen LogP contribution is -2.42. The summed E-state index contributed by atoms with van der Waals surface area (Å²) in [7, 11) is -1.94. The third-order valence-corrected chi connectivity index (χ3v) is 7.74. The Hall–Kier alpha value is 0.137. The highest BCUT2D eigenvalue weighted by Gasteiger charge is 2.36. The van der Waals surface area contributed by atoms with Crippen molar-refractivity contribution in [1.82, 2.24) is 0 Å². The molecule has 0 N–H and O–H groups in total. The molecular weight excluding hydrogens is 276 g/mol. The molecule has 2 nitrogen and oxygen atoms in total. The molecule has 0 atom stereocenters. The van der Waals surface area contributed by atoms with E-state index in [4.69, 9.17) is 8.85 Å². The topological polar surface area (TPSA) is 18.5 Å². The van der Waals surface area contributed by atoms with Gasteiger partial charge in [-0.1, -0.05) is 79.1 Å². The normalized spacial score (nSPS) is 12.0. The fraction of sp³-hybridized carbons (Fsp3) is 1.00. The Morgan fingerprint density at radius 1 is 0.524 bits per heavy atom. The van der Waals surface area contributed by atoms with Gasteiger partial charge >= 0.3 is 8.56 Å². The van der Waals surface area contributed by atoms with Gasteiger partial charge in [0.25, 0.3) is 0 Å². The molecule has 128 valence electrons. The van der Waals surface area contributed by atoms with Crippen LogP contribution in [0.3, 0.4) is 0 Å². The highest BCUT2D eigenvalue weighted by molar-refractivity contribution is 6.67. The lowest BCUT2D eigenvalue weighted by molar-refractivity contribution is 0.160. The molecule has 0 spiro atoms. The van der Waals surface area contributed by atoms with E-state index in [9.17, 15) is 0 Å². The van der Waals surface area contributed by atoms with Gasteiger partial charge in [0.15, 0.2) is 0 Å². The van der Waals surface area contributed by atoms with Crippen LogP contribution >= 0.6 is 0 Å². The number of hydrogen-bond acceptors (Lipinski definition) is 2. The van der Waals surface area contributed by atoms with Crippen LogP contribution < -0.4 is 0 Å². The molecule has 0 amide bonds. The summed E-state index contributed by atoms with van der Waals surface area (Å²) in [6.07, 6.45) is 12.5. The van der Waals surface area contributed by atoms with Crippen molar-refractivity contribution in [2.24, 2.45) is 0 Å². The second kappa shape index (κ2) is 15.0. The highest BCUT2D eigenvalue weighted by Crippen LogP contribution is 2.25. The molecule has 0 rings (SSSR count). The summed E-state index contributed by atoms with van der Waals surface area (Å²) >= 11 is 0. The smallest absolute Gasteiger partial charge is 0.338 e. The van der Waals surface area contributed by atoms with E-state index in [0.29, 0.717) is 0 Å². The molecule has 0 heterocycles. The minimum atomic E-state index is -1.94. The van der Waals surface area contributed by atoms with Crippen LogP contribution in [-0.4, -0.2) is 21.8 Å². The van der Waals surface area contributed by atoms with Crippen molar-refractivity contribution in [1.29, 1.82) is 0 Å². The molecular formula is C18H40O2Si. The van der Waals surface area contributed by atoms with E-state index in [1.807, 2.05) is 0 Å². The number of rotatable bonds is 16.